The summed E-state index contributed by atoms with van der Waals surface area (Å²) in [6, 6.07) is 3.99. The number of fused-ring (bicyclic) bond motifs is 2. The van der Waals surface area contributed by atoms with Crippen LogP contribution >= 0.6 is 15.9 Å². The second-order valence-electron chi connectivity index (χ2n) is 7.83. The lowest BCUT2D eigenvalue weighted by Crippen LogP contribution is -2.37. The number of hydrogen-bond acceptors (Lipinski definition) is 2. The van der Waals surface area contributed by atoms with Crippen LogP contribution in [-0.2, 0) is 17.2 Å². The van der Waals surface area contributed by atoms with Crippen molar-refractivity contribution < 1.29 is 4.92 Å². The highest BCUT2D eigenvalue weighted by Crippen LogP contribution is 2.52. The highest BCUT2D eigenvalue weighted by Gasteiger charge is 2.42. The number of alkyl halides is 1. The number of benzene rings is 1. The van der Waals surface area contributed by atoms with E-state index in [1.54, 1.807) is 0 Å². The second-order valence-corrected chi connectivity index (χ2v) is 8.39. The number of hydrogen-bond donors (Lipinski definition) is 0. The van der Waals surface area contributed by atoms with Gasteiger partial charge in [-0.1, -0.05) is 29.8 Å². The van der Waals surface area contributed by atoms with Crippen LogP contribution in [0.4, 0.5) is 5.69 Å². The molecule has 0 aliphatic heterocycles. The number of rotatable bonds is 2. The third-order valence-corrected chi connectivity index (χ3v) is 6.48. The van der Waals surface area contributed by atoms with Crippen LogP contribution in [0.5, 0.6) is 0 Å². The van der Waals surface area contributed by atoms with Crippen LogP contribution in [0.25, 0.3) is 0 Å². The molecule has 2 aliphatic carbocycles. The van der Waals surface area contributed by atoms with Crippen LogP contribution in [0, 0.1) is 15.5 Å². The molecule has 3 rings (SSSR count). The SMILES string of the molecule is CC1(C)CCC2(CCCc3cc(CBr)c([N+](=O)[O-])cc32)CC1. The Labute approximate surface area is 140 Å². The molecule has 1 spiro atoms. The van der Waals surface area contributed by atoms with Crippen molar-refractivity contribution in [3.63, 3.8) is 0 Å². The minimum Gasteiger partial charge on any atom is -0.258 e. The third kappa shape index (κ3) is 2.70. The zero-order valence-corrected chi connectivity index (χ0v) is 15.0. The van der Waals surface area contributed by atoms with E-state index in [0.29, 0.717) is 16.4 Å². The lowest BCUT2D eigenvalue weighted by Gasteiger charge is -2.47. The van der Waals surface area contributed by atoms with Gasteiger partial charge in [0.2, 0.25) is 0 Å². The van der Waals surface area contributed by atoms with Crippen molar-refractivity contribution in [3.05, 3.63) is 38.9 Å². The highest BCUT2D eigenvalue weighted by atomic mass is 79.9. The Morgan fingerprint density at radius 1 is 1.18 bits per heavy atom. The van der Waals surface area contributed by atoms with E-state index in [-0.39, 0.29) is 10.3 Å². The van der Waals surface area contributed by atoms with E-state index >= 15 is 0 Å². The molecule has 0 radical (unpaired) electrons. The molecule has 0 N–H and O–H groups in total. The maximum absolute atomic E-state index is 11.4. The summed E-state index contributed by atoms with van der Waals surface area (Å²) in [7, 11) is 0. The molecule has 0 atom stereocenters. The average molecular weight is 366 g/mol. The van der Waals surface area contributed by atoms with Crippen molar-refractivity contribution in [2.75, 3.05) is 0 Å². The van der Waals surface area contributed by atoms with E-state index in [1.165, 1.54) is 49.7 Å². The zero-order valence-electron chi connectivity index (χ0n) is 13.5. The van der Waals surface area contributed by atoms with Crippen LogP contribution in [0.1, 0.15) is 69.1 Å². The highest BCUT2D eigenvalue weighted by molar-refractivity contribution is 9.08. The molecule has 1 saturated carbocycles. The fourth-order valence-corrected chi connectivity index (χ4v) is 4.79. The average Bonchev–Trinajstić information content (AvgIpc) is 2.49. The van der Waals surface area contributed by atoms with Gasteiger partial charge in [0.1, 0.15) is 0 Å². The Morgan fingerprint density at radius 3 is 2.45 bits per heavy atom. The topological polar surface area (TPSA) is 43.1 Å². The summed E-state index contributed by atoms with van der Waals surface area (Å²) < 4.78 is 0. The van der Waals surface area contributed by atoms with Gasteiger partial charge >= 0.3 is 0 Å². The van der Waals surface area contributed by atoms with E-state index in [2.05, 4.69) is 35.8 Å². The molecule has 1 aromatic carbocycles. The summed E-state index contributed by atoms with van der Waals surface area (Å²) in [5, 5.41) is 12.0. The number of nitro groups is 1. The molecule has 0 unspecified atom stereocenters. The number of nitrogens with zero attached hydrogens (tertiary/aromatic N) is 1. The summed E-state index contributed by atoms with van der Waals surface area (Å²) in [5.74, 6) is 0. The van der Waals surface area contributed by atoms with Gasteiger partial charge in [0.05, 0.1) is 4.92 Å². The first-order chi connectivity index (χ1) is 10.4. The molecule has 22 heavy (non-hydrogen) atoms. The molecule has 0 bridgehead atoms. The maximum atomic E-state index is 11.4. The summed E-state index contributed by atoms with van der Waals surface area (Å²) >= 11 is 3.40. The molecule has 1 aromatic rings. The fourth-order valence-electron chi connectivity index (χ4n) is 4.34. The molecule has 0 saturated heterocycles. The van der Waals surface area contributed by atoms with Gasteiger partial charge in [-0.15, -0.1) is 0 Å². The van der Waals surface area contributed by atoms with Gasteiger partial charge in [0.15, 0.2) is 0 Å². The van der Waals surface area contributed by atoms with Crippen molar-refractivity contribution in [1.82, 2.24) is 0 Å². The Balaban J connectivity index is 2.06. The predicted molar refractivity (Wildman–Crippen MR) is 92.6 cm³/mol. The Bertz CT molecular complexity index is 599. The van der Waals surface area contributed by atoms with Gasteiger partial charge in [-0.05, 0) is 73.0 Å². The molecule has 120 valence electrons. The summed E-state index contributed by atoms with van der Waals surface area (Å²) in [6.45, 7) is 4.69. The molecule has 0 aromatic heterocycles. The van der Waals surface area contributed by atoms with Gasteiger partial charge < -0.3 is 0 Å². The minimum absolute atomic E-state index is 0.193. The van der Waals surface area contributed by atoms with Gasteiger partial charge in [-0.25, -0.2) is 0 Å². The Hall–Kier alpha value is -0.900. The van der Waals surface area contributed by atoms with E-state index in [9.17, 15) is 10.1 Å². The lowest BCUT2D eigenvalue weighted by atomic mass is 9.58. The molecule has 1 fully saturated rings. The van der Waals surface area contributed by atoms with E-state index < -0.39 is 0 Å². The second kappa shape index (κ2) is 5.63. The van der Waals surface area contributed by atoms with Crippen LogP contribution in [0.3, 0.4) is 0 Å². The van der Waals surface area contributed by atoms with Gasteiger partial charge in [-0.2, -0.15) is 0 Å². The molecule has 3 nitrogen and oxygen atoms in total. The van der Waals surface area contributed by atoms with Crippen molar-refractivity contribution in [3.8, 4) is 0 Å². The predicted octanol–water partition coefficient (Wildman–Crippen LogP) is 5.66. The summed E-state index contributed by atoms with van der Waals surface area (Å²) in [5.41, 5.74) is 4.36. The first-order valence-electron chi connectivity index (χ1n) is 8.24. The monoisotopic (exact) mass is 365 g/mol. The summed E-state index contributed by atoms with van der Waals surface area (Å²) in [4.78, 5) is 11.2. The van der Waals surface area contributed by atoms with Crippen LogP contribution in [0.2, 0.25) is 0 Å². The van der Waals surface area contributed by atoms with Crippen molar-refractivity contribution >= 4 is 21.6 Å². The molecular formula is C18H24BrNO2. The Kier molecular flexibility index (Phi) is 4.09. The zero-order chi connectivity index (χ0) is 16.0. The number of nitro benzene ring substituents is 1. The van der Waals surface area contributed by atoms with Crippen LogP contribution in [-0.4, -0.2) is 4.92 Å². The van der Waals surface area contributed by atoms with Gasteiger partial charge in [-0.3, -0.25) is 10.1 Å². The van der Waals surface area contributed by atoms with E-state index in [4.69, 9.17) is 0 Å². The molecular weight excluding hydrogens is 342 g/mol. The largest absolute Gasteiger partial charge is 0.273 e. The fraction of sp³-hybridized carbons (Fsp3) is 0.667. The van der Waals surface area contributed by atoms with E-state index in [1.807, 2.05) is 6.07 Å². The molecule has 4 heteroatoms. The van der Waals surface area contributed by atoms with Gasteiger partial charge in [0.25, 0.3) is 5.69 Å². The van der Waals surface area contributed by atoms with E-state index in [0.717, 1.165) is 12.0 Å². The normalized spacial score (nSPS) is 22.3. The summed E-state index contributed by atoms with van der Waals surface area (Å²) in [6.07, 6.45) is 8.28. The number of halogens is 1. The minimum atomic E-state index is -0.216. The first kappa shape index (κ1) is 16.0. The van der Waals surface area contributed by atoms with Crippen LogP contribution < -0.4 is 0 Å². The quantitative estimate of drug-likeness (QED) is 0.385. The molecule has 0 amide bonds. The van der Waals surface area contributed by atoms with Crippen LogP contribution in [0.15, 0.2) is 12.1 Å². The van der Waals surface area contributed by atoms with Crippen molar-refractivity contribution in [1.29, 1.82) is 0 Å². The first-order valence-corrected chi connectivity index (χ1v) is 9.36. The Morgan fingerprint density at radius 2 is 1.86 bits per heavy atom. The van der Waals surface area contributed by atoms with Crippen molar-refractivity contribution in [2.45, 2.75) is 69.5 Å². The number of aryl methyl sites for hydroxylation is 1. The smallest absolute Gasteiger partial charge is 0.258 e. The molecule has 2 aliphatic rings. The van der Waals surface area contributed by atoms with Crippen molar-refractivity contribution in [2.24, 2.45) is 5.41 Å². The molecule has 0 heterocycles. The standard InChI is InChI=1S/C18H24BrNO2/c1-17(2)6-8-18(9-7-17)5-3-4-13-10-14(12-19)16(20(21)22)11-15(13)18/h10-11H,3-9,12H2,1-2H3. The maximum Gasteiger partial charge on any atom is 0.273 e. The third-order valence-electron chi connectivity index (χ3n) is 5.88. The lowest BCUT2D eigenvalue weighted by molar-refractivity contribution is -0.385. The van der Waals surface area contributed by atoms with Gasteiger partial charge in [0, 0.05) is 17.0 Å².